The van der Waals surface area contributed by atoms with Crippen LogP contribution in [0.15, 0.2) is 24.3 Å². The fourth-order valence-corrected chi connectivity index (χ4v) is 2.31. The number of aliphatic hydroxyl groups is 1. The lowest BCUT2D eigenvalue weighted by atomic mass is 10.1. The molecule has 0 fully saturated rings. The zero-order chi connectivity index (χ0) is 16.4. The summed E-state index contributed by atoms with van der Waals surface area (Å²) in [6, 6.07) is 8.01. The molecule has 0 spiro atoms. The summed E-state index contributed by atoms with van der Waals surface area (Å²) in [6.45, 7) is 7.10. The normalized spacial score (nSPS) is 12.4. The summed E-state index contributed by atoms with van der Waals surface area (Å²) in [5.74, 6) is 3.77. The standard InChI is InChI=1S/C18H27NO3/c1-5-10-22-14-17(20)13-19(11-15(2)3)12-16-6-8-18(21-4)9-7-16/h1,6-9,15,17,20H,10-14H2,2-4H3/t17-/m0/s1. The number of methoxy groups -OCH3 is 1. The Labute approximate surface area is 134 Å². The van der Waals surface area contributed by atoms with Crippen LogP contribution >= 0.6 is 0 Å². The van der Waals surface area contributed by atoms with E-state index in [2.05, 4.69) is 24.7 Å². The van der Waals surface area contributed by atoms with Gasteiger partial charge in [-0.05, 0) is 23.6 Å². The quantitative estimate of drug-likeness (QED) is 0.531. The first-order valence-electron chi connectivity index (χ1n) is 7.59. The van der Waals surface area contributed by atoms with Crippen LogP contribution in [0.4, 0.5) is 0 Å². The third-order valence-electron chi connectivity index (χ3n) is 3.15. The van der Waals surface area contributed by atoms with Crippen molar-refractivity contribution in [2.45, 2.75) is 26.5 Å². The number of hydrogen-bond donors (Lipinski definition) is 1. The van der Waals surface area contributed by atoms with Gasteiger partial charge in [-0.1, -0.05) is 31.9 Å². The van der Waals surface area contributed by atoms with E-state index in [9.17, 15) is 5.11 Å². The molecule has 22 heavy (non-hydrogen) atoms. The van der Waals surface area contributed by atoms with Gasteiger partial charge in [-0.15, -0.1) is 6.42 Å². The van der Waals surface area contributed by atoms with E-state index in [4.69, 9.17) is 15.9 Å². The van der Waals surface area contributed by atoms with Gasteiger partial charge in [0.15, 0.2) is 0 Å². The Hall–Kier alpha value is -1.54. The van der Waals surface area contributed by atoms with Crippen molar-refractivity contribution in [3.63, 3.8) is 0 Å². The molecule has 4 heteroatoms. The van der Waals surface area contributed by atoms with E-state index < -0.39 is 6.10 Å². The van der Waals surface area contributed by atoms with E-state index in [1.54, 1.807) is 7.11 Å². The molecule has 1 N–H and O–H groups in total. The smallest absolute Gasteiger partial charge is 0.118 e. The number of nitrogens with zero attached hydrogens (tertiary/aromatic N) is 1. The van der Waals surface area contributed by atoms with Gasteiger partial charge >= 0.3 is 0 Å². The van der Waals surface area contributed by atoms with E-state index in [1.165, 1.54) is 5.56 Å². The van der Waals surface area contributed by atoms with E-state index in [-0.39, 0.29) is 13.2 Å². The van der Waals surface area contributed by atoms with Crippen LogP contribution in [0.25, 0.3) is 0 Å². The lowest BCUT2D eigenvalue weighted by Crippen LogP contribution is -2.36. The van der Waals surface area contributed by atoms with Crippen molar-refractivity contribution < 1.29 is 14.6 Å². The molecular weight excluding hydrogens is 278 g/mol. The monoisotopic (exact) mass is 305 g/mol. The highest BCUT2D eigenvalue weighted by Gasteiger charge is 2.14. The molecule has 0 aliphatic heterocycles. The Morgan fingerprint density at radius 2 is 1.91 bits per heavy atom. The minimum absolute atomic E-state index is 0.236. The highest BCUT2D eigenvalue weighted by atomic mass is 16.5. The van der Waals surface area contributed by atoms with Crippen LogP contribution in [0.1, 0.15) is 19.4 Å². The molecule has 0 saturated heterocycles. The van der Waals surface area contributed by atoms with Gasteiger partial charge in [-0.3, -0.25) is 4.90 Å². The highest BCUT2D eigenvalue weighted by molar-refractivity contribution is 5.27. The molecule has 1 atom stereocenters. The maximum Gasteiger partial charge on any atom is 0.118 e. The first kappa shape index (κ1) is 18.5. The largest absolute Gasteiger partial charge is 0.497 e. The first-order valence-corrected chi connectivity index (χ1v) is 7.59. The van der Waals surface area contributed by atoms with Crippen LogP contribution in [0.2, 0.25) is 0 Å². The van der Waals surface area contributed by atoms with Gasteiger partial charge in [0, 0.05) is 19.6 Å². The Kier molecular flexibility index (Phi) is 8.61. The van der Waals surface area contributed by atoms with Gasteiger partial charge in [0.2, 0.25) is 0 Å². The molecule has 0 amide bonds. The lowest BCUT2D eigenvalue weighted by Gasteiger charge is -2.26. The molecule has 0 radical (unpaired) electrons. The Bertz CT molecular complexity index is 450. The summed E-state index contributed by atoms with van der Waals surface area (Å²) >= 11 is 0. The van der Waals surface area contributed by atoms with Gasteiger partial charge in [0.05, 0.1) is 19.8 Å². The second kappa shape index (κ2) is 10.2. The van der Waals surface area contributed by atoms with Crippen LogP contribution in [-0.2, 0) is 11.3 Å². The maximum atomic E-state index is 10.1. The molecule has 0 aromatic heterocycles. The lowest BCUT2D eigenvalue weighted by molar-refractivity contribution is 0.0238. The first-order chi connectivity index (χ1) is 10.5. The number of ether oxygens (including phenoxy) is 2. The molecule has 0 aliphatic rings. The van der Waals surface area contributed by atoms with Crippen LogP contribution in [-0.4, -0.2) is 49.5 Å². The number of benzene rings is 1. The second-order valence-electron chi connectivity index (χ2n) is 5.81. The molecule has 122 valence electrons. The maximum absolute atomic E-state index is 10.1. The molecule has 0 bridgehead atoms. The molecule has 1 aromatic carbocycles. The number of rotatable bonds is 10. The van der Waals surface area contributed by atoms with Gasteiger partial charge < -0.3 is 14.6 Å². The van der Waals surface area contributed by atoms with Crippen molar-refractivity contribution in [1.29, 1.82) is 0 Å². The summed E-state index contributed by atoms with van der Waals surface area (Å²) < 4.78 is 10.4. The predicted octanol–water partition coefficient (Wildman–Crippen LogP) is 2.16. The molecule has 0 heterocycles. The third kappa shape index (κ3) is 7.46. The van der Waals surface area contributed by atoms with E-state index in [0.29, 0.717) is 12.5 Å². The van der Waals surface area contributed by atoms with Crippen molar-refractivity contribution >= 4 is 0 Å². The summed E-state index contributed by atoms with van der Waals surface area (Å²) in [5.41, 5.74) is 1.19. The molecule has 0 unspecified atom stereocenters. The van der Waals surface area contributed by atoms with Gasteiger partial charge in [-0.2, -0.15) is 0 Å². The molecule has 0 aliphatic carbocycles. The highest BCUT2D eigenvalue weighted by Crippen LogP contribution is 2.14. The predicted molar refractivity (Wildman–Crippen MR) is 88.8 cm³/mol. The fraction of sp³-hybridized carbons (Fsp3) is 0.556. The minimum atomic E-state index is -0.537. The Morgan fingerprint density at radius 1 is 1.23 bits per heavy atom. The number of aliphatic hydroxyl groups excluding tert-OH is 1. The van der Waals surface area contributed by atoms with Crippen molar-refractivity contribution in [2.24, 2.45) is 5.92 Å². The second-order valence-corrected chi connectivity index (χ2v) is 5.81. The van der Waals surface area contributed by atoms with E-state index in [1.807, 2.05) is 24.3 Å². The Balaban J connectivity index is 2.57. The Morgan fingerprint density at radius 3 is 2.45 bits per heavy atom. The van der Waals surface area contributed by atoms with Crippen molar-refractivity contribution in [3.8, 4) is 18.1 Å². The van der Waals surface area contributed by atoms with Crippen molar-refractivity contribution in [2.75, 3.05) is 33.4 Å². The molecule has 1 aromatic rings. The van der Waals surface area contributed by atoms with Gasteiger partial charge in [0.25, 0.3) is 0 Å². The minimum Gasteiger partial charge on any atom is -0.497 e. The fourth-order valence-electron chi connectivity index (χ4n) is 2.31. The average Bonchev–Trinajstić information content (AvgIpc) is 2.47. The molecular formula is C18H27NO3. The van der Waals surface area contributed by atoms with E-state index >= 15 is 0 Å². The molecule has 1 rings (SSSR count). The summed E-state index contributed by atoms with van der Waals surface area (Å²) in [7, 11) is 1.66. The topological polar surface area (TPSA) is 41.9 Å². The molecule has 0 saturated carbocycles. The summed E-state index contributed by atoms with van der Waals surface area (Å²) in [5, 5.41) is 10.1. The number of hydrogen-bond acceptors (Lipinski definition) is 4. The molecule has 4 nitrogen and oxygen atoms in total. The van der Waals surface area contributed by atoms with E-state index in [0.717, 1.165) is 18.8 Å². The van der Waals surface area contributed by atoms with Crippen LogP contribution < -0.4 is 4.74 Å². The van der Waals surface area contributed by atoms with Crippen LogP contribution in [0.3, 0.4) is 0 Å². The van der Waals surface area contributed by atoms with Gasteiger partial charge in [0.1, 0.15) is 12.4 Å². The average molecular weight is 305 g/mol. The van der Waals surface area contributed by atoms with Crippen molar-refractivity contribution in [1.82, 2.24) is 4.90 Å². The van der Waals surface area contributed by atoms with Crippen LogP contribution in [0.5, 0.6) is 5.75 Å². The zero-order valence-corrected chi connectivity index (χ0v) is 13.8. The van der Waals surface area contributed by atoms with Gasteiger partial charge in [-0.25, -0.2) is 0 Å². The summed E-state index contributed by atoms with van der Waals surface area (Å²) in [6.07, 6.45) is 4.59. The SMILES string of the molecule is C#CCOC[C@@H](O)CN(Cc1ccc(OC)cc1)CC(C)C. The zero-order valence-electron chi connectivity index (χ0n) is 13.8. The third-order valence-corrected chi connectivity index (χ3v) is 3.15. The number of terminal acetylenes is 1. The van der Waals surface area contributed by atoms with Crippen molar-refractivity contribution in [3.05, 3.63) is 29.8 Å². The summed E-state index contributed by atoms with van der Waals surface area (Å²) in [4.78, 5) is 2.23. The van der Waals surface area contributed by atoms with Crippen LogP contribution in [0, 0.1) is 18.3 Å².